The Morgan fingerprint density at radius 2 is 2.40 bits per heavy atom. The molecule has 0 aromatic rings. The van der Waals surface area contributed by atoms with Crippen molar-refractivity contribution in [1.29, 1.82) is 0 Å². The average molecular weight is 158 g/mol. The van der Waals surface area contributed by atoms with Crippen LogP contribution >= 0.6 is 11.8 Å². The molecular weight excluding hydrogens is 152 g/mol. The summed E-state index contributed by atoms with van der Waals surface area (Å²) in [5.41, 5.74) is 2.20. The number of hydrogen-bond acceptors (Lipinski definition) is 4. The predicted octanol–water partition coefficient (Wildman–Crippen LogP) is -0.597. The summed E-state index contributed by atoms with van der Waals surface area (Å²) in [7, 11) is 0. The van der Waals surface area contributed by atoms with E-state index in [1.165, 1.54) is 11.8 Å². The first-order chi connectivity index (χ1) is 4.75. The summed E-state index contributed by atoms with van der Waals surface area (Å²) in [5, 5.41) is 2.75. The van der Waals surface area contributed by atoms with E-state index in [1.54, 1.807) is 6.26 Å². The molecule has 1 aliphatic rings. The minimum absolute atomic E-state index is 0.240. The fourth-order valence-electron chi connectivity index (χ4n) is 0.638. The van der Waals surface area contributed by atoms with Gasteiger partial charge < -0.3 is 0 Å². The van der Waals surface area contributed by atoms with Gasteiger partial charge in [-0.05, 0) is 6.26 Å². The highest BCUT2D eigenvalue weighted by Gasteiger charge is 2.26. The highest BCUT2D eigenvalue weighted by molar-refractivity contribution is 8.00. The summed E-state index contributed by atoms with van der Waals surface area (Å²) in [6, 6.07) is 0. The Hall–Kier alpha value is -0.840. The van der Waals surface area contributed by atoms with E-state index in [2.05, 4.69) is 10.5 Å². The van der Waals surface area contributed by atoms with Crippen molar-refractivity contribution in [3.63, 3.8) is 0 Å². The normalized spacial score (nSPS) is 24.7. The van der Waals surface area contributed by atoms with Crippen LogP contribution in [0.4, 0.5) is 0 Å². The molecule has 0 spiro atoms. The number of rotatable bonds is 1. The van der Waals surface area contributed by atoms with Crippen LogP contribution in [0.5, 0.6) is 0 Å². The molecule has 1 atom stereocenters. The molecule has 0 aromatic carbocycles. The Kier molecular flexibility index (Phi) is 2.06. The van der Waals surface area contributed by atoms with Crippen LogP contribution in [0, 0.1) is 0 Å². The topological polar surface area (TPSA) is 58.5 Å². The smallest absolute Gasteiger partial charge is 0.261 e. The van der Waals surface area contributed by atoms with E-state index in [9.17, 15) is 9.59 Å². The van der Waals surface area contributed by atoms with E-state index >= 15 is 0 Å². The quantitative estimate of drug-likeness (QED) is 0.518. The Labute approximate surface area is 62.1 Å². The number of ketones is 1. The van der Waals surface area contributed by atoms with Crippen LogP contribution in [0.1, 0.15) is 0 Å². The van der Waals surface area contributed by atoms with Crippen molar-refractivity contribution in [1.82, 2.24) is 5.43 Å². The molecule has 1 heterocycles. The SMILES string of the molecule is CSC1C(=O)C=NNC1=O. The molecular formula is C5H6N2O2S. The number of amides is 1. The highest BCUT2D eigenvalue weighted by Crippen LogP contribution is 2.08. The second kappa shape index (κ2) is 2.83. The molecule has 10 heavy (non-hydrogen) atoms. The van der Waals surface area contributed by atoms with Gasteiger partial charge in [0.25, 0.3) is 5.91 Å². The van der Waals surface area contributed by atoms with Crippen molar-refractivity contribution in [2.24, 2.45) is 5.10 Å². The molecule has 0 saturated carbocycles. The van der Waals surface area contributed by atoms with Gasteiger partial charge in [-0.2, -0.15) is 5.10 Å². The monoisotopic (exact) mass is 158 g/mol. The predicted molar refractivity (Wildman–Crippen MR) is 38.9 cm³/mol. The van der Waals surface area contributed by atoms with Crippen LogP contribution in [0.3, 0.4) is 0 Å². The van der Waals surface area contributed by atoms with E-state index < -0.39 is 5.25 Å². The third-order valence-electron chi connectivity index (χ3n) is 1.10. The molecule has 0 fully saturated rings. The summed E-state index contributed by atoms with van der Waals surface area (Å²) in [5.74, 6) is -0.573. The van der Waals surface area contributed by atoms with Gasteiger partial charge >= 0.3 is 0 Å². The maximum Gasteiger partial charge on any atom is 0.261 e. The van der Waals surface area contributed by atoms with Crippen LogP contribution in [0.15, 0.2) is 5.10 Å². The second-order valence-electron chi connectivity index (χ2n) is 1.75. The average Bonchev–Trinajstić information content (AvgIpc) is 1.88. The van der Waals surface area contributed by atoms with Gasteiger partial charge in [0, 0.05) is 0 Å². The number of hydrazone groups is 1. The van der Waals surface area contributed by atoms with Gasteiger partial charge in [-0.3, -0.25) is 9.59 Å². The van der Waals surface area contributed by atoms with Gasteiger partial charge in [0.2, 0.25) is 0 Å². The fourth-order valence-corrected chi connectivity index (χ4v) is 1.20. The fraction of sp³-hybridized carbons (Fsp3) is 0.400. The molecule has 1 aliphatic heterocycles. The molecule has 1 amide bonds. The van der Waals surface area contributed by atoms with E-state index in [0.717, 1.165) is 6.21 Å². The van der Waals surface area contributed by atoms with Crippen molar-refractivity contribution in [2.75, 3.05) is 6.26 Å². The van der Waals surface area contributed by atoms with Crippen LogP contribution in [0.2, 0.25) is 0 Å². The summed E-state index contributed by atoms with van der Waals surface area (Å²) in [4.78, 5) is 21.6. The molecule has 1 N–H and O–H groups in total. The first-order valence-corrected chi connectivity index (χ1v) is 3.94. The Morgan fingerprint density at radius 3 is 2.80 bits per heavy atom. The molecule has 5 heteroatoms. The zero-order valence-electron chi connectivity index (χ0n) is 5.33. The van der Waals surface area contributed by atoms with E-state index in [-0.39, 0.29) is 11.7 Å². The third kappa shape index (κ3) is 1.18. The van der Waals surface area contributed by atoms with Gasteiger partial charge in [0.05, 0.1) is 6.21 Å². The van der Waals surface area contributed by atoms with Gasteiger partial charge in [0.15, 0.2) is 5.78 Å². The van der Waals surface area contributed by atoms with Gasteiger partial charge in [-0.1, -0.05) is 0 Å². The largest absolute Gasteiger partial charge is 0.291 e. The first kappa shape index (κ1) is 7.27. The van der Waals surface area contributed by atoms with E-state index in [0.29, 0.717) is 0 Å². The lowest BCUT2D eigenvalue weighted by atomic mass is 10.3. The highest BCUT2D eigenvalue weighted by atomic mass is 32.2. The number of hydrogen-bond donors (Lipinski definition) is 1. The minimum atomic E-state index is -0.600. The van der Waals surface area contributed by atoms with Crippen molar-refractivity contribution >= 4 is 29.7 Å². The lowest BCUT2D eigenvalue weighted by Crippen LogP contribution is -2.40. The first-order valence-electron chi connectivity index (χ1n) is 2.65. The lowest BCUT2D eigenvalue weighted by molar-refractivity contribution is -0.125. The summed E-state index contributed by atoms with van der Waals surface area (Å²) < 4.78 is 0. The molecule has 0 radical (unpaired) electrons. The number of nitrogens with one attached hydrogen (secondary N) is 1. The molecule has 0 bridgehead atoms. The summed E-state index contributed by atoms with van der Waals surface area (Å²) >= 11 is 1.21. The second-order valence-corrected chi connectivity index (χ2v) is 2.70. The standard InChI is InChI=1S/C5H6N2O2S/c1-10-4-3(8)2-6-7-5(4)9/h2,4H,1H3,(H,7,9). The Bertz CT molecular complexity index is 202. The molecule has 4 nitrogen and oxygen atoms in total. The van der Waals surface area contributed by atoms with Crippen molar-refractivity contribution in [3.8, 4) is 0 Å². The Balaban J connectivity index is 2.77. The molecule has 0 aliphatic carbocycles. The van der Waals surface area contributed by atoms with Crippen molar-refractivity contribution in [2.45, 2.75) is 5.25 Å². The van der Waals surface area contributed by atoms with E-state index in [4.69, 9.17) is 0 Å². The zero-order valence-corrected chi connectivity index (χ0v) is 6.14. The third-order valence-corrected chi connectivity index (χ3v) is 2.02. The molecule has 54 valence electrons. The lowest BCUT2D eigenvalue weighted by Gasteiger charge is -2.11. The maximum absolute atomic E-state index is 10.8. The van der Waals surface area contributed by atoms with Gasteiger partial charge in [0.1, 0.15) is 5.25 Å². The van der Waals surface area contributed by atoms with Crippen LogP contribution in [-0.2, 0) is 9.59 Å². The number of thioether (sulfide) groups is 1. The summed E-state index contributed by atoms with van der Waals surface area (Å²) in [6.45, 7) is 0. The minimum Gasteiger partial charge on any atom is -0.291 e. The molecule has 0 aromatic heterocycles. The van der Waals surface area contributed by atoms with E-state index in [1.807, 2.05) is 0 Å². The van der Waals surface area contributed by atoms with Crippen molar-refractivity contribution in [3.05, 3.63) is 0 Å². The Morgan fingerprint density at radius 1 is 1.70 bits per heavy atom. The van der Waals surface area contributed by atoms with Crippen LogP contribution < -0.4 is 5.43 Å². The summed E-state index contributed by atoms with van der Waals surface area (Å²) in [6.07, 6.45) is 2.84. The number of nitrogens with zero attached hydrogens (tertiary/aromatic N) is 1. The molecule has 1 unspecified atom stereocenters. The maximum atomic E-state index is 10.8. The number of Topliss-reactive ketones (excluding diaryl/α,β-unsaturated/α-hetero) is 1. The molecule has 0 saturated heterocycles. The zero-order chi connectivity index (χ0) is 7.56. The van der Waals surface area contributed by atoms with Gasteiger partial charge in [-0.15, -0.1) is 11.8 Å². The number of carbonyl (C=O) groups is 2. The van der Waals surface area contributed by atoms with Crippen molar-refractivity contribution < 1.29 is 9.59 Å². The van der Waals surface area contributed by atoms with Gasteiger partial charge in [-0.25, -0.2) is 5.43 Å². The number of carbonyl (C=O) groups excluding carboxylic acids is 2. The molecule has 1 rings (SSSR count). The van der Waals surface area contributed by atoms with Crippen LogP contribution in [-0.4, -0.2) is 29.4 Å². The van der Waals surface area contributed by atoms with Crippen LogP contribution in [0.25, 0.3) is 0 Å².